The van der Waals surface area contributed by atoms with E-state index in [1.807, 2.05) is 24.3 Å². The van der Waals surface area contributed by atoms with Crippen LogP contribution in [0.3, 0.4) is 0 Å². The second kappa shape index (κ2) is 6.43. The summed E-state index contributed by atoms with van der Waals surface area (Å²) in [4.78, 5) is 13.7. The topological polar surface area (TPSA) is 50.8 Å². The molecule has 1 heterocycles. The highest BCUT2D eigenvalue weighted by molar-refractivity contribution is 5.97. The van der Waals surface area contributed by atoms with E-state index >= 15 is 0 Å². The Morgan fingerprint density at radius 1 is 1.12 bits per heavy atom. The molecule has 0 amide bonds. The number of benzene rings is 2. The first kappa shape index (κ1) is 16.2. The summed E-state index contributed by atoms with van der Waals surface area (Å²) in [5.41, 5.74) is 4.81. The van der Waals surface area contributed by atoms with Crippen LogP contribution in [0.5, 0.6) is 11.5 Å². The molecule has 126 valence electrons. The predicted octanol–water partition coefficient (Wildman–Crippen LogP) is 3.99. The number of rotatable bonds is 5. The zero-order chi connectivity index (χ0) is 17.3. The number of carbonyl (C=O) groups is 1. The van der Waals surface area contributed by atoms with Crippen molar-refractivity contribution < 1.29 is 14.3 Å². The van der Waals surface area contributed by atoms with E-state index in [1.54, 1.807) is 21.1 Å². The molecule has 1 aliphatic rings. The van der Waals surface area contributed by atoms with E-state index in [9.17, 15) is 4.79 Å². The first-order valence-corrected chi connectivity index (χ1v) is 8.00. The van der Waals surface area contributed by atoms with Crippen molar-refractivity contribution in [2.24, 2.45) is 0 Å². The number of methoxy groups -OCH3 is 2. The van der Waals surface area contributed by atoms with Crippen molar-refractivity contribution >= 4 is 22.8 Å². The summed E-state index contributed by atoms with van der Waals surface area (Å²) >= 11 is 0. The number of nitrogens with one attached hydrogen (secondary N) is 1. The smallest absolute Gasteiger partial charge is 0.159 e. The second-order valence-electron chi connectivity index (χ2n) is 5.74. The van der Waals surface area contributed by atoms with Crippen LogP contribution in [-0.4, -0.2) is 26.7 Å². The van der Waals surface area contributed by atoms with Crippen LogP contribution >= 0.6 is 0 Å². The number of hydrogen-bond donors (Lipinski definition) is 1. The summed E-state index contributed by atoms with van der Waals surface area (Å²) in [6.45, 7) is 4.31. The lowest BCUT2D eigenvalue weighted by Gasteiger charge is -2.23. The molecule has 5 heteroatoms. The highest BCUT2D eigenvalue weighted by atomic mass is 16.5. The number of anilines is 3. The Morgan fingerprint density at radius 3 is 2.50 bits per heavy atom. The third kappa shape index (κ3) is 2.66. The fourth-order valence-corrected chi connectivity index (χ4v) is 3.03. The number of fused-ring (bicyclic) bond motifs is 1. The number of aryl methyl sites for hydroxylation is 1. The van der Waals surface area contributed by atoms with Crippen LogP contribution < -0.4 is 19.7 Å². The van der Waals surface area contributed by atoms with E-state index in [4.69, 9.17) is 9.47 Å². The molecular weight excluding hydrogens is 304 g/mol. The molecule has 0 saturated heterocycles. The van der Waals surface area contributed by atoms with Crippen LogP contribution in [-0.2, 0) is 6.42 Å². The van der Waals surface area contributed by atoms with Gasteiger partial charge in [0, 0.05) is 11.6 Å². The molecule has 1 aliphatic heterocycles. The zero-order valence-electron chi connectivity index (χ0n) is 14.5. The van der Waals surface area contributed by atoms with Gasteiger partial charge in [-0.3, -0.25) is 4.79 Å². The minimum absolute atomic E-state index is 0.0633. The molecular formula is C19H22N2O3. The van der Waals surface area contributed by atoms with Gasteiger partial charge in [0.2, 0.25) is 0 Å². The summed E-state index contributed by atoms with van der Waals surface area (Å²) in [6.07, 6.45) is 0.873. The van der Waals surface area contributed by atoms with Gasteiger partial charge in [0.05, 0.1) is 38.0 Å². The third-order valence-corrected chi connectivity index (χ3v) is 4.38. The SMILES string of the molecule is CCc1cc(N2CNc3cc(C(C)=O)ccc32)c(OC)cc1OC. The van der Waals surface area contributed by atoms with Gasteiger partial charge >= 0.3 is 0 Å². The Balaban J connectivity index is 2.07. The monoisotopic (exact) mass is 326 g/mol. The fourth-order valence-electron chi connectivity index (χ4n) is 3.03. The van der Waals surface area contributed by atoms with Gasteiger partial charge in [-0.25, -0.2) is 0 Å². The molecule has 5 nitrogen and oxygen atoms in total. The van der Waals surface area contributed by atoms with Crippen LogP contribution in [0, 0.1) is 0 Å². The Morgan fingerprint density at radius 2 is 1.88 bits per heavy atom. The van der Waals surface area contributed by atoms with Crippen LogP contribution in [0.4, 0.5) is 17.1 Å². The summed E-state index contributed by atoms with van der Waals surface area (Å²) < 4.78 is 11.0. The minimum atomic E-state index is 0.0633. The molecule has 0 unspecified atom stereocenters. The maximum Gasteiger partial charge on any atom is 0.159 e. The van der Waals surface area contributed by atoms with Crippen molar-refractivity contribution in [1.82, 2.24) is 0 Å². The average Bonchev–Trinajstić information content (AvgIpc) is 3.03. The quantitative estimate of drug-likeness (QED) is 0.842. The van der Waals surface area contributed by atoms with Crippen molar-refractivity contribution in [3.8, 4) is 11.5 Å². The normalized spacial score (nSPS) is 12.6. The zero-order valence-corrected chi connectivity index (χ0v) is 14.5. The van der Waals surface area contributed by atoms with Gasteiger partial charge in [0.25, 0.3) is 0 Å². The molecule has 3 rings (SSSR count). The van der Waals surface area contributed by atoms with E-state index in [0.717, 1.165) is 40.5 Å². The maximum absolute atomic E-state index is 11.6. The van der Waals surface area contributed by atoms with Crippen LogP contribution in [0.2, 0.25) is 0 Å². The average molecular weight is 326 g/mol. The molecule has 0 bridgehead atoms. The van der Waals surface area contributed by atoms with E-state index in [1.165, 1.54) is 0 Å². The van der Waals surface area contributed by atoms with Crippen molar-refractivity contribution in [2.45, 2.75) is 20.3 Å². The Hall–Kier alpha value is -2.69. The van der Waals surface area contributed by atoms with Gasteiger partial charge in [-0.1, -0.05) is 6.92 Å². The first-order chi connectivity index (χ1) is 11.6. The molecule has 24 heavy (non-hydrogen) atoms. The molecule has 0 radical (unpaired) electrons. The van der Waals surface area contributed by atoms with E-state index in [0.29, 0.717) is 12.2 Å². The molecule has 2 aromatic rings. The second-order valence-corrected chi connectivity index (χ2v) is 5.74. The standard InChI is InChI=1S/C19H22N2O3/c1-5-13-9-17(19(24-4)10-18(13)23-3)21-11-20-15-8-14(12(2)22)6-7-16(15)21/h6-10,20H,5,11H2,1-4H3. The van der Waals surface area contributed by atoms with E-state index < -0.39 is 0 Å². The third-order valence-electron chi connectivity index (χ3n) is 4.38. The lowest BCUT2D eigenvalue weighted by atomic mass is 10.1. The van der Waals surface area contributed by atoms with Gasteiger partial charge < -0.3 is 19.7 Å². The summed E-state index contributed by atoms with van der Waals surface area (Å²) in [7, 11) is 3.33. The van der Waals surface area contributed by atoms with Crippen molar-refractivity contribution in [3.05, 3.63) is 41.5 Å². The maximum atomic E-state index is 11.6. The van der Waals surface area contributed by atoms with Crippen molar-refractivity contribution in [1.29, 1.82) is 0 Å². The van der Waals surface area contributed by atoms with Gasteiger partial charge in [0.15, 0.2) is 5.78 Å². The number of hydrogen-bond acceptors (Lipinski definition) is 5. The largest absolute Gasteiger partial charge is 0.496 e. The molecule has 0 aromatic heterocycles. The Labute approximate surface area is 142 Å². The molecule has 0 atom stereocenters. The van der Waals surface area contributed by atoms with Crippen LogP contribution in [0.25, 0.3) is 0 Å². The summed E-state index contributed by atoms with van der Waals surface area (Å²) in [5, 5.41) is 3.35. The van der Waals surface area contributed by atoms with E-state index in [2.05, 4.69) is 23.2 Å². The molecule has 0 saturated carbocycles. The number of nitrogens with zero attached hydrogens (tertiary/aromatic N) is 1. The highest BCUT2D eigenvalue weighted by Crippen LogP contribution is 2.43. The number of ether oxygens (including phenoxy) is 2. The first-order valence-electron chi connectivity index (χ1n) is 8.00. The molecule has 1 N–H and O–H groups in total. The van der Waals surface area contributed by atoms with Gasteiger partial charge in [-0.05, 0) is 43.2 Å². The molecule has 0 aliphatic carbocycles. The molecule has 0 spiro atoms. The van der Waals surface area contributed by atoms with Crippen molar-refractivity contribution in [2.75, 3.05) is 31.1 Å². The van der Waals surface area contributed by atoms with Gasteiger partial charge in [0.1, 0.15) is 11.5 Å². The highest BCUT2D eigenvalue weighted by Gasteiger charge is 2.24. The fraction of sp³-hybridized carbons (Fsp3) is 0.316. The molecule has 0 fully saturated rings. The van der Waals surface area contributed by atoms with Gasteiger partial charge in [-0.2, -0.15) is 0 Å². The number of ketones is 1. The Kier molecular flexibility index (Phi) is 4.34. The Bertz CT molecular complexity index is 786. The van der Waals surface area contributed by atoms with Crippen LogP contribution in [0.1, 0.15) is 29.8 Å². The summed E-state index contributed by atoms with van der Waals surface area (Å²) in [6, 6.07) is 9.76. The van der Waals surface area contributed by atoms with Crippen LogP contribution in [0.15, 0.2) is 30.3 Å². The predicted molar refractivity (Wildman–Crippen MR) is 96.0 cm³/mol. The van der Waals surface area contributed by atoms with Gasteiger partial charge in [-0.15, -0.1) is 0 Å². The lowest BCUT2D eigenvalue weighted by Crippen LogP contribution is -2.17. The molecule has 2 aromatic carbocycles. The van der Waals surface area contributed by atoms with E-state index in [-0.39, 0.29) is 5.78 Å². The lowest BCUT2D eigenvalue weighted by molar-refractivity contribution is 0.101. The summed E-state index contributed by atoms with van der Waals surface area (Å²) in [5.74, 6) is 1.65. The minimum Gasteiger partial charge on any atom is -0.496 e. The number of carbonyl (C=O) groups excluding carboxylic acids is 1. The van der Waals surface area contributed by atoms with Crippen molar-refractivity contribution in [3.63, 3.8) is 0 Å². The number of Topliss-reactive ketones (excluding diaryl/α,β-unsaturated/α-hetero) is 1.